The Morgan fingerprint density at radius 2 is 1.02 bits per heavy atom. The Hall–Kier alpha value is -6.70. The number of nitrogens with one attached hydrogen (secondary N) is 6. The molecule has 4 heterocycles. The molecule has 4 aromatic heterocycles. The highest BCUT2D eigenvalue weighted by Crippen LogP contribution is 2.20. The quantitative estimate of drug-likeness (QED) is 0.132. The minimum Gasteiger partial charge on any atom is -0.506 e. The highest BCUT2D eigenvalue weighted by molar-refractivity contribution is 5.97. The minimum atomic E-state index is -0.548. The molecule has 0 fully saturated rings. The zero-order valence-corrected chi connectivity index (χ0v) is 22.7. The summed E-state index contributed by atoms with van der Waals surface area (Å²) in [5.74, 6) is -0.367. The molecule has 0 radical (unpaired) electrons. The number of hydrogen-bond donors (Lipinski definition) is 8. The van der Waals surface area contributed by atoms with Crippen LogP contribution >= 0.6 is 0 Å². The number of para-hydroxylation sites is 2. The van der Waals surface area contributed by atoms with E-state index in [9.17, 15) is 29.4 Å². The monoisotopic (exact) mass is 592 g/mol. The van der Waals surface area contributed by atoms with E-state index < -0.39 is 11.8 Å². The predicted molar refractivity (Wildman–Crippen MR) is 163 cm³/mol. The largest absolute Gasteiger partial charge is 0.506 e. The molecule has 14 nitrogen and oxygen atoms in total. The van der Waals surface area contributed by atoms with Crippen molar-refractivity contribution in [3.05, 3.63) is 129 Å². The molecule has 2 amide bonds. The number of aromatic hydroxyl groups is 2. The van der Waals surface area contributed by atoms with Gasteiger partial charge in [0.05, 0.1) is 11.0 Å². The topological polar surface area (TPSA) is 214 Å². The number of aromatic amines is 2. The van der Waals surface area contributed by atoms with Crippen molar-refractivity contribution in [2.75, 3.05) is 10.9 Å². The van der Waals surface area contributed by atoms with E-state index >= 15 is 0 Å². The summed E-state index contributed by atoms with van der Waals surface area (Å²) >= 11 is 0. The summed E-state index contributed by atoms with van der Waals surface area (Å²) < 4.78 is 0. The molecular formula is C30H24N8O6. The van der Waals surface area contributed by atoms with Crippen LogP contribution in [-0.4, -0.2) is 42.0 Å². The smallest absolute Gasteiger partial charge is 0.286 e. The Labute approximate surface area is 247 Å². The minimum absolute atomic E-state index is 0.0300. The number of anilines is 2. The number of phenolic OH excluding ortho intramolecular Hbond substituents is 2. The molecular weight excluding hydrogens is 568 g/mol. The molecule has 44 heavy (non-hydrogen) atoms. The molecule has 14 heteroatoms. The average molecular weight is 593 g/mol. The molecule has 2 aromatic carbocycles. The van der Waals surface area contributed by atoms with E-state index in [4.69, 9.17) is 0 Å². The van der Waals surface area contributed by atoms with Gasteiger partial charge in [-0.1, -0.05) is 24.3 Å². The van der Waals surface area contributed by atoms with Crippen LogP contribution in [0.3, 0.4) is 0 Å². The number of amides is 2. The van der Waals surface area contributed by atoms with Crippen molar-refractivity contribution in [3.8, 4) is 11.5 Å². The van der Waals surface area contributed by atoms with Crippen LogP contribution in [0.4, 0.5) is 11.6 Å². The molecule has 0 saturated heterocycles. The fourth-order valence-corrected chi connectivity index (χ4v) is 4.01. The number of phenols is 2. The van der Waals surface area contributed by atoms with Crippen LogP contribution < -0.4 is 32.6 Å². The maximum atomic E-state index is 12.1. The highest BCUT2D eigenvalue weighted by atomic mass is 16.3. The van der Waals surface area contributed by atoms with E-state index in [1.807, 2.05) is 0 Å². The first-order chi connectivity index (χ1) is 21.3. The molecule has 0 spiro atoms. The van der Waals surface area contributed by atoms with E-state index in [0.29, 0.717) is 22.4 Å². The van der Waals surface area contributed by atoms with Crippen LogP contribution in [0.1, 0.15) is 21.0 Å². The van der Waals surface area contributed by atoms with Crippen molar-refractivity contribution in [1.29, 1.82) is 0 Å². The average Bonchev–Trinajstić information content (AvgIpc) is 3.04. The lowest BCUT2D eigenvalue weighted by molar-refractivity contribution is 0.0950. The maximum Gasteiger partial charge on any atom is 0.286 e. The number of H-pyrrole nitrogens is 2. The number of hydrazine groups is 2. The van der Waals surface area contributed by atoms with Gasteiger partial charge in [0.15, 0.2) is 10.9 Å². The zero-order chi connectivity index (χ0) is 31.1. The van der Waals surface area contributed by atoms with Gasteiger partial charge >= 0.3 is 0 Å². The summed E-state index contributed by atoms with van der Waals surface area (Å²) in [6.07, 6.45) is 3.15. The van der Waals surface area contributed by atoms with Crippen molar-refractivity contribution in [2.24, 2.45) is 0 Å². The van der Waals surface area contributed by atoms with Crippen molar-refractivity contribution < 1.29 is 19.8 Å². The molecule has 0 saturated carbocycles. The van der Waals surface area contributed by atoms with Crippen molar-refractivity contribution in [1.82, 2.24) is 30.8 Å². The lowest BCUT2D eigenvalue weighted by Gasteiger charge is -2.08. The summed E-state index contributed by atoms with van der Waals surface area (Å²) in [4.78, 5) is 61.6. The Bertz CT molecular complexity index is 1930. The Balaban J connectivity index is 0.000000175. The van der Waals surface area contributed by atoms with Crippen LogP contribution in [0.5, 0.6) is 11.5 Å². The zero-order valence-electron chi connectivity index (χ0n) is 22.7. The normalized spacial score (nSPS) is 10.4. The van der Waals surface area contributed by atoms with E-state index in [-0.39, 0.29) is 44.8 Å². The first kappa shape index (κ1) is 28.8. The molecule has 0 aliphatic carbocycles. The van der Waals surface area contributed by atoms with Crippen LogP contribution in [0.15, 0.2) is 107 Å². The van der Waals surface area contributed by atoms with E-state index in [1.165, 1.54) is 24.3 Å². The molecule has 0 unspecified atom stereocenters. The van der Waals surface area contributed by atoms with E-state index in [0.717, 1.165) is 0 Å². The van der Waals surface area contributed by atoms with Gasteiger partial charge in [0.1, 0.15) is 34.5 Å². The molecule has 6 aromatic rings. The number of pyridine rings is 4. The van der Waals surface area contributed by atoms with Gasteiger partial charge in [-0.25, -0.2) is 9.97 Å². The fourth-order valence-electron chi connectivity index (χ4n) is 4.01. The first-order valence-electron chi connectivity index (χ1n) is 12.9. The summed E-state index contributed by atoms with van der Waals surface area (Å²) in [7, 11) is 0. The summed E-state index contributed by atoms with van der Waals surface area (Å²) in [6, 6.07) is 21.9. The van der Waals surface area contributed by atoms with Gasteiger partial charge in [0.25, 0.3) is 11.8 Å². The van der Waals surface area contributed by atoms with E-state index in [2.05, 4.69) is 41.6 Å². The summed E-state index contributed by atoms with van der Waals surface area (Å²) in [5.41, 5.74) is 9.90. The third kappa shape index (κ3) is 6.60. The molecule has 220 valence electrons. The summed E-state index contributed by atoms with van der Waals surface area (Å²) in [6.45, 7) is 0. The number of benzene rings is 2. The number of carbonyl (C=O) groups is 2. The number of carbonyl (C=O) groups excluding carboxylic acids is 2. The molecule has 0 atom stereocenters. The van der Waals surface area contributed by atoms with Gasteiger partial charge in [-0.05, 0) is 48.5 Å². The third-order valence-corrected chi connectivity index (χ3v) is 6.11. The highest BCUT2D eigenvalue weighted by Gasteiger charge is 2.13. The second-order valence-electron chi connectivity index (χ2n) is 9.08. The van der Waals surface area contributed by atoms with Crippen molar-refractivity contribution in [2.45, 2.75) is 0 Å². The number of aromatic nitrogens is 4. The predicted octanol–water partition coefficient (Wildman–Crippen LogP) is 2.77. The molecule has 8 N–H and O–H groups in total. The van der Waals surface area contributed by atoms with Gasteiger partial charge in [0.2, 0.25) is 0 Å². The van der Waals surface area contributed by atoms with Crippen LogP contribution in [0, 0.1) is 0 Å². The van der Waals surface area contributed by atoms with Gasteiger partial charge in [-0.2, -0.15) is 0 Å². The van der Waals surface area contributed by atoms with Gasteiger partial charge in [-0.15, -0.1) is 0 Å². The number of hydrogen-bond acceptors (Lipinski definition) is 10. The lowest BCUT2D eigenvalue weighted by atomic mass is 10.2. The molecule has 6 rings (SSSR count). The Kier molecular flexibility index (Phi) is 8.42. The van der Waals surface area contributed by atoms with Gasteiger partial charge in [0, 0.05) is 35.3 Å². The molecule has 0 aliphatic rings. The van der Waals surface area contributed by atoms with Crippen molar-refractivity contribution >= 4 is 45.3 Å². The fraction of sp³-hybridized carbons (Fsp3) is 0. The third-order valence-electron chi connectivity index (χ3n) is 6.11. The van der Waals surface area contributed by atoms with E-state index in [1.54, 1.807) is 73.1 Å². The Morgan fingerprint density at radius 3 is 1.41 bits per heavy atom. The second-order valence-corrected chi connectivity index (χ2v) is 9.08. The number of rotatable bonds is 6. The SMILES string of the molecule is O=C(NNc1ccccn1)c1cc(=O)c2cccc(O)c2[nH]1.O=C(NNc1ccccn1)c1cc(=O)c2cccc(O)c2[nH]1. The van der Waals surface area contributed by atoms with Crippen LogP contribution in [0.2, 0.25) is 0 Å². The summed E-state index contributed by atoms with van der Waals surface area (Å²) in [5, 5.41) is 20.2. The molecule has 0 bridgehead atoms. The standard InChI is InChI=1S/2C15H12N4O3/c2*20-11-5-3-4-9-12(21)8-10(17-14(9)11)15(22)19-18-13-6-1-2-7-16-13/h2*1-8,20H,(H,16,18)(H,17,21)(H,19,22). The number of nitrogens with zero attached hydrogens (tertiary/aromatic N) is 2. The Morgan fingerprint density at radius 1 is 0.591 bits per heavy atom. The van der Waals surface area contributed by atoms with Crippen LogP contribution in [-0.2, 0) is 0 Å². The number of fused-ring (bicyclic) bond motifs is 2. The van der Waals surface area contributed by atoms with Crippen LogP contribution in [0.25, 0.3) is 21.8 Å². The lowest BCUT2D eigenvalue weighted by Crippen LogP contribution is -2.31. The van der Waals surface area contributed by atoms with Gasteiger partial charge < -0.3 is 20.2 Å². The first-order valence-corrected chi connectivity index (χ1v) is 12.9. The van der Waals surface area contributed by atoms with Crippen molar-refractivity contribution in [3.63, 3.8) is 0 Å². The second kappa shape index (κ2) is 12.9. The maximum absolute atomic E-state index is 12.1. The molecule has 0 aliphatic heterocycles. The van der Waals surface area contributed by atoms with Gasteiger partial charge in [-0.3, -0.25) is 40.9 Å².